The Balaban J connectivity index is 2.35. The highest BCUT2D eigenvalue weighted by Crippen LogP contribution is 2.37. The number of hydrogen-bond acceptors (Lipinski definition) is 2. The summed E-state index contributed by atoms with van der Waals surface area (Å²) in [5, 5.41) is 3.30. The quantitative estimate of drug-likeness (QED) is 0.906. The number of nitrogens with zero attached hydrogens (tertiary/aromatic N) is 1. The molecule has 1 fully saturated rings. The highest BCUT2D eigenvalue weighted by Gasteiger charge is 2.33. The lowest BCUT2D eigenvalue weighted by Crippen LogP contribution is -2.45. The second-order valence-electron chi connectivity index (χ2n) is 6.25. The van der Waals surface area contributed by atoms with Gasteiger partial charge in [-0.1, -0.05) is 12.1 Å². The molecular formula is C17H27FN2. The summed E-state index contributed by atoms with van der Waals surface area (Å²) in [5.74, 6) is 0.471. The third kappa shape index (κ3) is 3.21. The molecular weight excluding hydrogens is 251 g/mol. The number of nitrogens with one attached hydrogen (secondary N) is 1. The molecule has 112 valence electrons. The first-order valence-corrected chi connectivity index (χ1v) is 7.71. The zero-order valence-electron chi connectivity index (χ0n) is 13.1. The summed E-state index contributed by atoms with van der Waals surface area (Å²) in [6.07, 6.45) is 2.44. The predicted octanol–water partition coefficient (Wildman–Crippen LogP) is 3.52. The molecule has 0 bridgehead atoms. The monoisotopic (exact) mass is 278 g/mol. The highest BCUT2D eigenvalue weighted by molar-refractivity contribution is 5.27. The van der Waals surface area contributed by atoms with E-state index >= 15 is 0 Å². The molecule has 1 aliphatic rings. The minimum absolute atomic E-state index is 0.0833. The molecule has 0 amide bonds. The molecule has 1 saturated heterocycles. The Labute approximate surface area is 122 Å². The SMILES string of the molecule is CNCC1CCCN(C(C)C)C1c1ccc(C)c(F)c1. The lowest BCUT2D eigenvalue weighted by atomic mass is 9.83. The number of hydrogen-bond donors (Lipinski definition) is 1. The summed E-state index contributed by atoms with van der Waals surface area (Å²) >= 11 is 0. The standard InChI is InChI=1S/C17H27FN2/c1-12(2)20-9-5-6-15(11-19-4)17(20)14-8-7-13(3)16(18)10-14/h7-8,10,12,15,17,19H,5-6,9,11H2,1-4H3. The molecule has 1 aliphatic heterocycles. The van der Waals surface area contributed by atoms with Gasteiger partial charge in [0.1, 0.15) is 5.82 Å². The van der Waals surface area contributed by atoms with Crippen LogP contribution in [-0.4, -0.2) is 31.1 Å². The molecule has 0 aromatic heterocycles. The molecule has 0 radical (unpaired) electrons. The normalized spacial score (nSPS) is 24.3. The Kier molecular flexibility index (Phi) is 5.17. The van der Waals surface area contributed by atoms with Crippen LogP contribution in [0.4, 0.5) is 4.39 Å². The first kappa shape index (κ1) is 15.5. The Bertz CT molecular complexity index is 443. The third-order valence-corrected chi connectivity index (χ3v) is 4.46. The van der Waals surface area contributed by atoms with Crippen molar-refractivity contribution in [2.45, 2.75) is 45.7 Å². The second-order valence-corrected chi connectivity index (χ2v) is 6.25. The van der Waals surface area contributed by atoms with E-state index in [1.165, 1.54) is 12.8 Å². The van der Waals surface area contributed by atoms with Crippen molar-refractivity contribution in [3.8, 4) is 0 Å². The number of likely N-dealkylation sites (tertiary alicyclic amines) is 1. The molecule has 0 saturated carbocycles. The lowest BCUT2D eigenvalue weighted by Gasteiger charge is -2.44. The predicted molar refractivity (Wildman–Crippen MR) is 82.4 cm³/mol. The fourth-order valence-corrected chi connectivity index (χ4v) is 3.42. The smallest absolute Gasteiger partial charge is 0.126 e. The zero-order valence-corrected chi connectivity index (χ0v) is 13.1. The van der Waals surface area contributed by atoms with Crippen molar-refractivity contribution in [1.82, 2.24) is 10.2 Å². The van der Waals surface area contributed by atoms with Gasteiger partial charge in [0.25, 0.3) is 0 Å². The minimum Gasteiger partial charge on any atom is -0.319 e. The van der Waals surface area contributed by atoms with Crippen LogP contribution >= 0.6 is 0 Å². The molecule has 2 rings (SSSR count). The second kappa shape index (κ2) is 6.68. The van der Waals surface area contributed by atoms with Crippen molar-refractivity contribution < 1.29 is 4.39 Å². The summed E-state index contributed by atoms with van der Waals surface area (Å²) < 4.78 is 13.9. The van der Waals surface area contributed by atoms with Crippen LogP contribution in [0.1, 0.15) is 43.9 Å². The maximum Gasteiger partial charge on any atom is 0.126 e. The van der Waals surface area contributed by atoms with Gasteiger partial charge in [0, 0.05) is 12.1 Å². The van der Waals surface area contributed by atoms with E-state index in [-0.39, 0.29) is 5.82 Å². The van der Waals surface area contributed by atoms with Crippen LogP contribution in [0.25, 0.3) is 0 Å². The Morgan fingerprint density at radius 1 is 1.40 bits per heavy atom. The highest BCUT2D eigenvalue weighted by atomic mass is 19.1. The fraction of sp³-hybridized carbons (Fsp3) is 0.647. The molecule has 2 atom stereocenters. The van der Waals surface area contributed by atoms with Gasteiger partial charge in [-0.15, -0.1) is 0 Å². The zero-order chi connectivity index (χ0) is 14.7. The van der Waals surface area contributed by atoms with Crippen LogP contribution in [0, 0.1) is 18.7 Å². The van der Waals surface area contributed by atoms with Crippen LogP contribution in [0.2, 0.25) is 0 Å². The maximum atomic E-state index is 13.9. The van der Waals surface area contributed by atoms with Gasteiger partial charge in [-0.05, 0) is 76.9 Å². The van der Waals surface area contributed by atoms with E-state index in [1.807, 2.05) is 20.0 Å². The van der Waals surface area contributed by atoms with Crippen molar-refractivity contribution in [2.75, 3.05) is 20.1 Å². The molecule has 3 heteroatoms. The number of aryl methyl sites for hydroxylation is 1. The largest absolute Gasteiger partial charge is 0.319 e. The molecule has 1 heterocycles. The van der Waals surface area contributed by atoms with Gasteiger partial charge < -0.3 is 5.32 Å². The number of benzene rings is 1. The van der Waals surface area contributed by atoms with Crippen molar-refractivity contribution >= 4 is 0 Å². The Morgan fingerprint density at radius 2 is 2.15 bits per heavy atom. The number of rotatable bonds is 4. The molecule has 0 spiro atoms. The summed E-state index contributed by atoms with van der Waals surface area (Å²) in [6.45, 7) is 8.39. The Hall–Kier alpha value is -0.930. The van der Waals surface area contributed by atoms with Gasteiger partial charge in [-0.3, -0.25) is 4.90 Å². The van der Waals surface area contributed by atoms with Crippen LogP contribution < -0.4 is 5.32 Å². The number of piperidine rings is 1. The van der Waals surface area contributed by atoms with E-state index < -0.39 is 0 Å². The first-order chi connectivity index (χ1) is 9.54. The molecule has 2 nitrogen and oxygen atoms in total. The van der Waals surface area contributed by atoms with Crippen molar-refractivity contribution in [2.24, 2.45) is 5.92 Å². The molecule has 1 aromatic rings. The summed E-state index contributed by atoms with van der Waals surface area (Å²) in [7, 11) is 2.00. The van der Waals surface area contributed by atoms with Crippen molar-refractivity contribution in [1.29, 1.82) is 0 Å². The lowest BCUT2D eigenvalue weighted by molar-refractivity contribution is 0.0634. The van der Waals surface area contributed by atoms with Gasteiger partial charge in [0.05, 0.1) is 0 Å². The van der Waals surface area contributed by atoms with Crippen molar-refractivity contribution in [3.05, 3.63) is 35.1 Å². The van der Waals surface area contributed by atoms with Crippen LogP contribution in [-0.2, 0) is 0 Å². The van der Waals surface area contributed by atoms with Crippen molar-refractivity contribution in [3.63, 3.8) is 0 Å². The van der Waals surface area contributed by atoms with Gasteiger partial charge in [-0.2, -0.15) is 0 Å². The van der Waals surface area contributed by atoms with Crippen LogP contribution in [0.5, 0.6) is 0 Å². The van der Waals surface area contributed by atoms with E-state index in [4.69, 9.17) is 0 Å². The van der Waals surface area contributed by atoms with Gasteiger partial charge in [0.15, 0.2) is 0 Å². The van der Waals surface area contributed by atoms with Gasteiger partial charge in [0.2, 0.25) is 0 Å². The molecule has 1 N–H and O–H groups in total. The van der Waals surface area contributed by atoms with Crippen LogP contribution in [0.15, 0.2) is 18.2 Å². The van der Waals surface area contributed by atoms with E-state index in [9.17, 15) is 4.39 Å². The fourth-order valence-electron chi connectivity index (χ4n) is 3.42. The molecule has 0 aliphatic carbocycles. The Morgan fingerprint density at radius 3 is 2.75 bits per heavy atom. The van der Waals surface area contributed by atoms with E-state index in [0.717, 1.165) is 24.2 Å². The average Bonchev–Trinajstić information content (AvgIpc) is 2.42. The van der Waals surface area contributed by atoms with E-state index in [2.05, 4.69) is 30.1 Å². The average molecular weight is 278 g/mol. The van der Waals surface area contributed by atoms with Crippen LogP contribution in [0.3, 0.4) is 0 Å². The molecule has 20 heavy (non-hydrogen) atoms. The van der Waals surface area contributed by atoms with Gasteiger partial charge in [-0.25, -0.2) is 4.39 Å². The molecule has 1 aromatic carbocycles. The summed E-state index contributed by atoms with van der Waals surface area (Å²) in [5.41, 5.74) is 1.85. The summed E-state index contributed by atoms with van der Waals surface area (Å²) in [4.78, 5) is 2.52. The van der Waals surface area contributed by atoms with E-state index in [1.54, 1.807) is 6.07 Å². The van der Waals surface area contributed by atoms with Gasteiger partial charge >= 0.3 is 0 Å². The number of halogens is 1. The van der Waals surface area contributed by atoms with E-state index in [0.29, 0.717) is 18.0 Å². The maximum absolute atomic E-state index is 13.9. The minimum atomic E-state index is -0.0833. The topological polar surface area (TPSA) is 15.3 Å². The molecule has 2 unspecified atom stereocenters. The summed E-state index contributed by atoms with van der Waals surface area (Å²) in [6, 6.07) is 6.57. The third-order valence-electron chi connectivity index (χ3n) is 4.46. The first-order valence-electron chi connectivity index (χ1n) is 7.71.